The molecule has 0 fully saturated rings. The highest BCUT2D eigenvalue weighted by Crippen LogP contribution is 2.67. The summed E-state index contributed by atoms with van der Waals surface area (Å²) in [5.41, 5.74) is 12.6. The molecule has 0 atom stereocenters. The molecule has 0 nitrogen and oxygen atoms in total. The molecule has 3 aromatic rings. The van der Waals surface area contributed by atoms with Crippen LogP contribution < -0.4 is 5.30 Å². The maximum atomic E-state index is 2.67. The fraction of sp³-hybridized carbons (Fsp3) is 0.574. The third kappa shape index (κ3) is 8.12. The van der Waals surface area contributed by atoms with Crippen LogP contribution in [0.4, 0.5) is 0 Å². The van der Waals surface area contributed by atoms with Crippen LogP contribution in [0, 0.1) is 0 Å². The molecule has 4 rings (SSSR count). The zero-order valence-corrected chi connectivity index (χ0v) is 38.9. The minimum absolute atomic E-state index is 0.0129. The molecule has 0 saturated carbocycles. The molecule has 0 aliphatic carbocycles. The lowest BCUT2D eigenvalue weighted by atomic mass is 9.72. The van der Waals surface area contributed by atoms with Gasteiger partial charge in [-0.25, -0.2) is 0 Å². The third-order valence-corrected chi connectivity index (χ3v) is 23.9. The van der Waals surface area contributed by atoms with Gasteiger partial charge < -0.3 is 0 Å². The quantitative estimate of drug-likeness (QED) is 0.185. The number of hydrogen-bond acceptors (Lipinski definition) is 0. The van der Waals surface area contributed by atoms with Crippen LogP contribution in [0.2, 0.25) is 19.6 Å². The summed E-state index contributed by atoms with van der Waals surface area (Å²) in [5, 5.41) is 5.14. The van der Waals surface area contributed by atoms with Crippen molar-refractivity contribution in [1.29, 1.82) is 0 Å². The van der Waals surface area contributed by atoms with Crippen LogP contribution in [-0.4, -0.2) is 17.8 Å². The second kappa shape index (κ2) is 13.0. The molecule has 50 heavy (non-hydrogen) atoms. The molecule has 0 amide bonds. The molecule has 0 N–H and O–H groups in total. The van der Waals surface area contributed by atoms with E-state index in [2.05, 4.69) is 199 Å². The van der Waals surface area contributed by atoms with Crippen LogP contribution in [0.3, 0.4) is 0 Å². The molecular formula is C47H72P2Si. The highest BCUT2D eigenvalue weighted by atomic mass is 31.4. The van der Waals surface area contributed by atoms with E-state index in [4.69, 9.17) is 0 Å². The van der Waals surface area contributed by atoms with Gasteiger partial charge in [-0.1, -0.05) is 206 Å². The maximum Gasteiger partial charge on any atom is 0.0837 e. The molecule has 1 aliphatic rings. The van der Waals surface area contributed by atoms with Gasteiger partial charge in [-0.2, -0.15) is 0 Å². The molecule has 0 aromatic heterocycles. The van der Waals surface area contributed by atoms with E-state index in [-0.39, 0.29) is 32.5 Å². The van der Waals surface area contributed by atoms with E-state index in [0.717, 1.165) is 0 Å². The number of benzene rings is 3. The van der Waals surface area contributed by atoms with Crippen molar-refractivity contribution in [2.24, 2.45) is 0 Å². The first-order valence-electron chi connectivity index (χ1n) is 19.1. The van der Waals surface area contributed by atoms with E-state index in [1.54, 1.807) is 33.4 Å². The zero-order valence-electron chi connectivity index (χ0n) is 36.1. The Hall–Kier alpha value is -1.65. The molecule has 3 aromatic carbocycles. The Morgan fingerprint density at radius 3 is 0.900 bits per heavy atom. The average Bonchev–Trinajstić information content (AvgIpc) is 2.88. The standard InChI is InChI=1S/C47H72P2Si/c1-42(2,3)31-27-34(44(7,8)9)38(35(28-31)45(10,11)12)40-48(33-25-23-22-24-26-33)41(49(40)50(19,20)21)39-36(46(13,14)15)29-32(43(4,5)6)30-37(39)47(16,17)18/h22-30H,1-21H3. The molecule has 1 heterocycles. The van der Waals surface area contributed by atoms with E-state index < -0.39 is 22.4 Å². The second-order valence-corrected chi connectivity index (χ2v) is 36.3. The van der Waals surface area contributed by atoms with Crippen molar-refractivity contribution in [2.45, 2.75) is 177 Å². The van der Waals surface area contributed by atoms with Crippen molar-refractivity contribution in [3.05, 3.63) is 99.1 Å². The van der Waals surface area contributed by atoms with Gasteiger partial charge in [-0.15, -0.1) is 0 Å². The predicted molar refractivity (Wildman–Crippen MR) is 237 cm³/mol. The third-order valence-electron chi connectivity index (χ3n) is 10.2. The largest absolute Gasteiger partial charge is 0.0837 e. The van der Waals surface area contributed by atoms with Gasteiger partial charge >= 0.3 is 0 Å². The first kappa shape index (κ1) is 41.1. The van der Waals surface area contributed by atoms with Crippen LogP contribution in [0.25, 0.3) is 0 Å². The summed E-state index contributed by atoms with van der Waals surface area (Å²) >= 11 is 0. The number of rotatable bonds is 4. The Labute approximate surface area is 312 Å². The van der Waals surface area contributed by atoms with Gasteiger partial charge in [0.25, 0.3) is 0 Å². The van der Waals surface area contributed by atoms with Crippen molar-refractivity contribution in [3.63, 3.8) is 0 Å². The smallest absolute Gasteiger partial charge is 0.0765 e. The molecule has 0 radical (unpaired) electrons. The van der Waals surface area contributed by atoms with Gasteiger partial charge in [0.05, 0.1) is 7.74 Å². The van der Waals surface area contributed by atoms with Crippen LogP contribution >= 0.6 is 14.6 Å². The Kier molecular flexibility index (Phi) is 10.7. The first-order valence-corrected chi connectivity index (χ1v) is 26.1. The molecule has 274 valence electrons. The van der Waals surface area contributed by atoms with Gasteiger partial charge in [0, 0.05) is 10.1 Å². The molecule has 1 aliphatic heterocycles. The van der Waals surface area contributed by atoms with Crippen molar-refractivity contribution in [1.82, 2.24) is 0 Å². The second-order valence-electron chi connectivity index (χ2n) is 22.2. The SMILES string of the molecule is CC(C)(C)c1cc(C(C)(C)C)c(C2=P(c3ccccc3)=C(c3c(C(C)(C)C)cc(C(C)(C)C)cc3C(C)(C)C)P2[Si](C)(C)C)c(C(C)(C)C)c1. The Morgan fingerprint density at radius 1 is 0.400 bits per heavy atom. The maximum absolute atomic E-state index is 2.67. The fourth-order valence-electron chi connectivity index (χ4n) is 7.26. The van der Waals surface area contributed by atoms with Gasteiger partial charge in [0.15, 0.2) is 0 Å². The van der Waals surface area contributed by atoms with Gasteiger partial charge in [-0.3, -0.25) is 0 Å². The topological polar surface area (TPSA) is 0 Å². The Bertz CT molecular complexity index is 1670. The molecular weight excluding hydrogens is 655 g/mol. The van der Waals surface area contributed by atoms with E-state index in [1.165, 1.54) is 16.4 Å². The minimum Gasteiger partial charge on any atom is -0.0765 e. The lowest BCUT2D eigenvalue weighted by Gasteiger charge is -2.47. The van der Waals surface area contributed by atoms with Gasteiger partial charge in [0.2, 0.25) is 0 Å². The van der Waals surface area contributed by atoms with E-state index >= 15 is 0 Å². The summed E-state index contributed by atoms with van der Waals surface area (Å²) in [7, 11) is -2.98. The Balaban J connectivity index is 2.47. The lowest BCUT2D eigenvalue weighted by Crippen LogP contribution is -2.38. The van der Waals surface area contributed by atoms with Crippen LogP contribution in [0.5, 0.6) is 0 Å². The van der Waals surface area contributed by atoms with Gasteiger partial charge in [-0.05, 0) is 89.8 Å². The Morgan fingerprint density at radius 2 is 0.680 bits per heavy atom. The highest BCUT2D eigenvalue weighted by Gasteiger charge is 2.47. The molecule has 0 saturated heterocycles. The first-order chi connectivity index (χ1) is 22.3. The van der Waals surface area contributed by atoms with Crippen molar-refractivity contribution < 1.29 is 0 Å². The van der Waals surface area contributed by atoms with E-state index in [0.29, 0.717) is 0 Å². The van der Waals surface area contributed by atoms with Crippen molar-refractivity contribution >= 4 is 37.8 Å². The predicted octanol–water partition coefficient (Wildman–Crippen LogP) is 14.3. The summed E-state index contributed by atoms with van der Waals surface area (Å²) in [6, 6.07) is 22.2. The molecule has 0 unspecified atom stereocenters. The van der Waals surface area contributed by atoms with E-state index in [9.17, 15) is 0 Å². The van der Waals surface area contributed by atoms with Crippen LogP contribution in [0.1, 0.15) is 169 Å². The fourth-order valence-corrected chi connectivity index (χ4v) is 26.2. The van der Waals surface area contributed by atoms with E-state index in [1.807, 2.05) is 10.1 Å². The zero-order chi connectivity index (χ0) is 38.4. The van der Waals surface area contributed by atoms with Crippen LogP contribution in [0.15, 0.2) is 54.6 Å². The monoisotopic (exact) mass is 726 g/mol. The summed E-state index contributed by atoms with van der Waals surface area (Å²) in [6.45, 7) is 51.8. The van der Waals surface area contributed by atoms with Crippen molar-refractivity contribution in [3.8, 4) is 0 Å². The number of hydrogen-bond donors (Lipinski definition) is 0. The van der Waals surface area contributed by atoms with Gasteiger partial charge in [0.1, 0.15) is 0 Å². The molecule has 0 spiro atoms. The summed E-state index contributed by atoms with van der Waals surface area (Å²) < 4.78 is 0. The lowest BCUT2D eigenvalue weighted by molar-refractivity contribution is 0.546. The average molecular weight is 727 g/mol. The normalized spacial score (nSPS) is 17.7. The summed E-state index contributed by atoms with van der Waals surface area (Å²) in [5.74, 6) is 0. The minimum atomic E-state index is -1.76. The summed E-state index contributed by atoms with van der Waals surface area (Å²) in [6.07, 6.45) is 0. The van der Waals surface area contributed by atoms with Crippen molar-refractivity contribution in [2.75, 3.05) is 0 Å². The van der Waals surface area contributed by atoms with Crippen LogP contribution in [-0.2, 0) is 32.5 Å². The summed E-state index contributed by atoms with van der Waals surface area (Å²) in [4.78, 5) is 0. The molecule has 0 bridgehead atoms. The molecule has 3 heteroatoms. The highest BCUT2D eigenvalue weighted by molar-refractivity contribution is 8.32.